The molecular weight excluding hydrogens is 328 g/mol. The SMILES string of the molecule is Oc1ccc(-c2ccc(-c3cc(F)c(N=C=S)c(F)c3)cc2)cc1. The average molecular weight is 339 g/mol. The Morgan fingerprint density at radius 3 is 1.62 bits per heavy atom. The molecule has 0 aliphatic carbocycles. The van der Waals surface area contributed by atoms with Crippen molar-refractivity contribution in [3.63, 3.8) is 0 Å². The molecule has 0 saturated carbocycles. The van der Waals surface area contributed by atoms with Gasteiger partial charge in [0, 0.05) is 0 Å². The van der Waals surface area contributed by atoms with E-state index in [4.69, 9.17) is 0 Å². The van der Waals surface area contributed by atoms with E-state index in [0.717, 1.165) is 11.1 Å². The molecule has 0 unspecified atom stereocenters. The molecule has 5 heteroatoms. The van der Waals surface area contributed by atoms with Gasteiger partial charge in [-0.05, 0) is 58.7 Å². The summed E-state index contributed by atoms with van der Waals surface area (Å²) in [6.45, 7) is 0. The Kier molecular flexibility index (Phi) is 4.47. The number of aliphatic imine (C=N–C) groups is 1. The minimum absolute atomic E-state index is 0.195. The number of phenols is 1. The summed E-state index contributed by atoms with van der Waals surface area (Å²) in [5.74, 6) is -1.38. The molecule has 0 radical (unpaired) electrons. The zero-order valence-corrected chi connectivity index (χ0v) is 13.1. The van der Waals surface area contributed by atoms with Crippen LogP contribution in [0.1, 0.15) is 0 Å². The van der Waals surface area contributed by atoms with Crippen LogP contribution in [0.5, 0.6) is 5.75 Å². The Morgan fingerprint density at radius 1 is 0.750 bits per heavy atom. The second-order valence-corrected chi connectivity index (χ2v) is 5.30. The van der Waals surface area contributed by atoms with E-state index in [9.17, 15) is 13.9 Å². The first-order valence-corrected chi connectivity index (χ1v) is 7.46. The molecule has 1 N–H and O–H groups in total. The Morgan fingerprint density at radius 2 is 1.17 bits per heavy atom. The third-order valence-electron chi connectivity index (χ3n) is 3.59. The normalized spacial score (nSPS) is 10.2. The van der Waals surface area contributed by atoms with Gasteiger partial charge in [-0.3, -0.25) is 0 Å². The first-order chi connectivity index (χ1) is 11.6. The fourth-order valence-electron chi connectivity index (χ4n) is 2.39. The highest BCUT2D eigenvalue weighted by molar-refractivity contribution is 7.78. The van der Waals surface area contributed by atoms with Crippen molar-refractivity contribution in [2.45, 2.75) is 0 Å². The fourth-order valence-corrected chi connectivity index (χ4v) is 2.48. The monoisotopic (exact) mass is 339 g/mol. The van der Waals surface area contributed by atoms with Crippen molar-refractivity contribution < 1.29 is 13.9 Å². The molecule has 0 bridgehead atoms. The quantitative estimate of drug-likeness (QED) is 0.487. The number of nitrogens with zero attached hydrogens (tertiary/aromatic N) is 1. The van der Waals surface area contributed by atoms with Gasteiger partial charge in [-0.1, -0.05) is 36.4 Å². The van der Waals surface area contributed by atoms with Gasteiger partial charge >= 0.3 is 0 Å². The third kappa shape index (κ3) is 3.23. The summed E-state index contributed by atoms with van der Waals surface area (Å²) in [5.41, 5.74) is 2.51. The molecule has 0 aliphatic rings. The molecule has 118 valence electrons. The van der Waals surface area contributed by atoms with Crippen molar-refractivity contribution in [2.75, 3.05) is 0 Å². The van der Waals surface area contributed by atoms with Crippen LogP contribution in [0.25, 0.3) is 22.3 Å². The van der Waals surface area contributed by atoms with Crippen molar-refractivity contribution in [2.24, 2.45) is 4.99 Å². The van der Waals surface area contributed by atoms with Crippen molar-refractivity contribution in [3.05, 3.63) is 72.3 Å². The fraction of sp³-hybridized carbons (Fsp3) is 0. The Hall–Kier alpha value is -2.88. The molecule has 0 amide bonds. The van der Waals surface area contributed by atoms with Gasteiger partial charge in [0.2, 0.25) is 0 Å². The molecular formula is C19H11F2NOS. The number of halogens is 2. The number of aromatic hydroxyl groups is 1. The van der Waals surface area contributed by atoms with E-state index >= 15 is 0 Å². The zero-order chi connectivity index (χ0) is 17.1. The Labute approximate surface area is 142 Å². The van der Waals surface area contributed by atoms with Gasteiger partial charge in [-0.2, -0.15) is 4.99 Å². The first kappa shape index (κ1) is 16.0. The topological polar surface area (TPSA) is 32.6 Å². The highest BCUT2D eigenvalue weighted by Gasteiger charge is 2.11. The van der Waals surface area contributed by atoms with Crippen LogP contribution in [0, 0.1) is 11.6 Å². The maximum atomic E-state index is 13.9. The van der Waals surface area contributed by atoms with Crippen molar-refractivity contribution in [3.8, 4) is 28.0 Å². The zero-order valence-electron chi connectivity index (χ0n) is 12.3. The third-order valence-corrected chi connectivity index (χ3v) is 3.68. The first-order valence-electron chi connectivity index (χ1n) is 7.05. The Balaban J connectivity index is 1.96. The molecule has 3 aromatic rings. The number of isothiocyanates is 1. The molecule has 24 heavy (non-hydrogen) atoms. The lowest BCUT2D eigenvalue weighted by Gasteiger charge is -2.07. The maximum absolute atomic E-state index is 13.9. The summed E-state index contributed by atoms with van der Waals surface area (Å²) in [7, 11) is 0. The number of thiocarbonyl (C=S) groups is 1. The highest BCUT2D eigenvalue weighted by atomic mass is 32.1. The van der Waals surface area contributed by atoms with E-state index in [2.05, 4.69) is 17.2 Å². The molecule has 3 aromatic carbocycles. The summed E-state index contributed by atoms with van der Waals surface area (Å²) in [4.78, 5) is 3.40. The molecule has 0 aliphatic heterocycles. The van der Waals surface area contributed by atoms with Crippen LogP contribution in [-0.2, 0) is 0 Å². The van der Waals surface area contributed by atoms with E-state index in [1.54, 1.807) is 36.4 Å². The van der Waals surface area contributed by atoms with Crippen LogP contribution in [0.3, 0.4) is 0 Å². The smallest absolute Gasteiger partial charge is 0.153 e. The average Bonchev–Trinajstić information content (AvgIpc) is 2.59. The largest absolute Gasteiger partial charge is 0.508 e. The van der Waals surface area contributed by atoms with Gasteiger partial charge in [0.05, 0.1) is 5.16 Å². The predicted octanol–water partition coefficient (Wildman–Crippen LogP) is 5.74. The molecule has 0 fully saturated rings. The second kappa shape index (κ2) is 6.71. The van der Waals surface area contributed by atoms with Crippen LogP contribution < -0.4 is 0 Å². The van der Waals surface area contributed by atoms with Crippen LogP contribution in [-0.4, -0.2) is 10.3 Å². The molecule has 0 aromatic heterocycles. The molecule has 2 nitrogen and oxygen atoms in total. The van der Waals surface area contributed by atoms with Gasteiger partial charge in [-0.25, -0.2) is 8.78 Å². The summed E-state index contributed by atoms with van der Waals surface area (Å²) in [6.07, 6.45) is 0. The summed E-state index contributed by atoms with van der Waals surface area (Å²) >= 11 is 4.38. The molecule has 0 heterocycles. The van der Waals surface area contributed by atoms with Crippen LogP contribution >= 0.6 is 12.2 Å². The van der Waals surface area contributed by atoms with E-state index in [0.29, 0.717) is 11.1 Å². The number of rotatable bonds is 3. The second-order valence-electron chi connectivity index (χ2n) is 5.12. The minimum Gasteiger partial charge on any atom is -0.508 e. The number of hydrogen-bond donors (Lipinski definition) is 1. The number of hydrogen-bond acceptors (Lipinski definition) is 3. The minimum atomic E-state index is -0.787. The lowest BCUT2D eigenvalue weighted by atomic mass is 10.00. The van der Waals surface area contributed by atoms with Gasteiger partial charge in [0.1, 0.15) is 11.4 Å². The van der Waals surface area contributed by atoms with Gasteiger partial charge in [-0.15, -0.1) is 0 Å². The van der Waals surface area contributed by atoms with Crippen LogP contribution in [0.2, 0.25) is 0 Å². The molecule has 3 rings (SSSR count). The van der Waals surface area contributed by atoms with E-state index < -0.39 is 17.3 Å². The van der Waals surface area contributed by atoms with E-state index in [1.807, 2.05) is 17.3 Å². The van der Waals surface area contributed by atoms with Crippen molar-refractivity contribution in [1.82, 2.24) is 0 Å². The maximum Gasteiger partial charge on any atom is 0.153 e. The lowest BCUT2D eigenvalue weighted by Crippen LogP contribution is -1.87. The van der Waals surface area contributed by atoms with Crippen LogP contribution in [0.4, 0.5) is 14.5 Å². The van der Waals surface area contributed by atoms with Crippen molar-refractivity contribution >= 4 is 23.1 Å². The Bertz CT molecular complexity index is 908. The standard InChI is InChI=1S/C19H11F2NOS/c20-17-9-15(10-18(21)19(17)22-11-24)14-3-1-12(2-4-14)13-5-7-16(23)8-6-13/h1-10,23H. The molecule has 0 spiro atoms. The predicted molar refractivity (Wildman–Crippen MR) is 93.6 cm³/mol. The van der Waals surface area contributed by atoms with Crippen LogP contribution in [0.15, 0.2) is 65.7 Å². The number of phenolic OH excluding ortho intramolecular Hbond substituents is 1. The van der Waals surface area contributed by atoms with Gasteiger partial charge in [0.15, 0.2) is 11.6 Å². The van der Waals surface area contributed by atoms with Gasteiger partial charge < -0.3 is 5.11 Å². The summed E-state index contributed by atoms with van der Waals surface area (Å²) in [6, 6.07) is 16.5. The van der Waals surface area contributed by atoms with E-state index in [-0.39, 0.29) is 5.75 Å². The number of benzene rings is 3. The summed E-state index contributed by atoms with van der Waals surface area (Å²) in [5, 5.41) is 11.3. The lowest BCUT2D eigenvalue weighted by molar-refractivity contribution is 0.475. The summed E-state index contributed by atoms with van der Waals surface area (Å²) < 4.78 is 27.8. The van der Waals surface area contributed by atoms with Gasteiger partial charge in [0.25, 0.3) is 0 Å². The van der Waals surface area contributed by atoms with E-state index in [1.165, 1.54) is 12.1 Å². The molecule has 0 atom stereocenters. The van der Waals surface area contributed by atoms with Crippen molar-refractivity contribution in [1.29, 1.82) is 0 Å². The molecule has 0 saturated heterocycles. The highest BCUT2D eigenvalue weighted by Crippen LogP contribution is 2.30.